The number of methoxy groups -OCH3 is 1. The van der Waals surface area contributed by atoms with Crippen LogP contribution in [0.3, 0.4) is 0 Å². The smallest absolute Gasteiger partial charge is 0.272 e. The van der Waals surface area contributed by atoms with Crippen molar-refractivity contribution < 1.29 is 14.3 Å². The summed E-state index contributed by atoms with van der Waals surface area (Å²) in [6.45, 7) is 2.71. The topological polar surface area (TPSA) is 76.5 Å². The number of carbonyl (C=O) groups excluding carboxylic acids is 2. The lowest BCUT2D eigenvalue weighted by Crippen LogP contribution is -2.43. The highest BCUT2D eigenvalue weighted by Gasteiger charge is 2.49. The summed E-state index contributed by atoms with van der Waals surface area (Å²) in [6.07, 6.45) is 5.41. The van der Waals surface area contributed by atoms with Gasteiger partial charge in [0.15, 0.2) is 5.69 Å². The first-order chi connectivity index (χ1) is 13.0. The number of rotatable bonds is 3. The molecule has 3 heterocycles. The van der Waals surface area contributed by atoms with Gasteiger partial charge in [0.25, 0.3) is 11.8 Å². The van der Waals surface area contributed by atoms with Crippen LogP contribution in [0.4, 0.5) is 0 Å². The van der Waals surface area contributed by atoms with E-state index < -0.39 is 5.54 Å². The molecule has 7 nitrogen and oxygen atoms in total. The fourth-order valence-corrected chi connectivity index (χ4v) is 4.40. The zero-order valence-corrected chi connectivity index (χ0v) is 15.5. The van der Waals surface area contributed by atoms with Crippen molar-refractivity contribution in [3.05, 3.63) is 41.5 Å². The van der Waals surface area contributed by atoms with Gasteiger partial charge in [0.1, 0.15) is 12.1 Å². The molecule has 2 fully saturated rings. The van der Waals surface area contributed by atoms with Gasteiger partial charge in [0.05, 0.1) is 29.6 Å². The van der Waals surface area contributed by atoms with Crippen molar-refractivity contribution in [1.29, 1.82) is 0 Å². The summed E-state index contributed by atoms with van der Waals surface area (Å²) in [5.74, 6) is 0.461. The van der Waals surface area contributed by atoms with E-state index >= 15 is 0 Å². The number of aromatic nitrogens is 2. The van der Waals surface area contributed by atoms with Crippen molar-refractivity contribution in [3.63, 3.8) is 0 Å². The first kappa shape index (κ1) is 16.4. The van der Waals surface area contributed by atoms with Crippen LogP contribution < -0.4 is 10.1 Å². The molecule has 1 saturated carbocycles. The van der Waals surface area contributed by atoms with E-state index in [2.05, 4.69) is 10.3 Å². The van der Waals surface area contributed by atoms with E-state index in [9.17, 15) is 9.59 Å². The number of amides is 2. The van der Waals surface area contributed by atoms with Crippen LogP contribution in [-0.4, -0.2) is 46.0 Å². The average molecular weight is 366 g/mol. The second kappa shape index (κ2) is 5.58. The summed E-state index contributed by atoms with van der Waals surface area (Å²) in [4.78, 5) is 32.6. The molecular weight excluding hydrogens is 344 g/mol. The molecule has 3 aliphatic rings. The monoisotopic (exact) mass is 366 g/mol. The molecule has 1 aromatic heterocycles. The van der Waals surface area contributed by atoms with Crippen molar-refractivity contribution in [1.82, 2.24) is 19.8 Å². The Hall–Kier alpha value is -2.83. The van der Waals surface area contributed by atoms with Crippen molar-refractivity contribution in [2.24, 2.45) is 0 Å². The summed E-state index contributed by atoms with van der Waals surface area (Å²) >= 11 is 0. The Morgan fingerprint density at radius 2 is 2.19 bits per heavy atom. The molecule has 2 aliphatic heterocycles. The molecule has 1 aliphatic carbocycles. The van der Waals surface area contributed by atoms with Crippen LogP contribution in [0.1, 0.15) is 59.1 Å². The molecule has 0 bridgehead atoms. The molecule has 2 amide bonds. The van der Waals surface area contributed by atoms with E-state index in [0.29, 0.717) is 23.6 Å². The second-order valence-electron chi connectivity index (χ2n) is 7.78. The SMILES string of the molecule is COc1ccc2c(c1)C(=O)N1CCCC1(C)c1c(C(=O)NC3CC3)ncn1-2. The fourth-order valence-electron chi connectivity index (χ4n) is 4.40. The van der Waals surface area contributed by atoms with Crippen LogP contribution in [0.5, 0.6) is 5.75 Å². The predicted molar refractivity (Wildman–Crippen MR) is 98.2 cm³/mol. The predicted octanol–water partition coefficient (Wildman–Crippen LogP) is 2.24. The zero-order valence-electron chi connectivity index (χ0n) is 15.5. The molecule has 1 unspecified atom stereocenters. The molecule has 140 valence electrons. The maximum atomic E-state index is 13.4. The van der Waals surface area contributed by atoms with E-state index in [0.717, 1.165) is 37.1 Å². The van der Waals surface area contributed by atoms with Crippen LogP contribution in [0, 0.1) is 0 Å². The first-order valence-electron chi connectivity index (χ1n) is 9.42. The van der Waals surface area contributed by atoms with Crippen LogP contribution in [0.25, 0.3) is 5.69 Å². The van der Waals surface area contributed by atoms with E-state index in [1.54, 1.807) is 19.5 Å². The lowest BCUT2D eigenvalue weighted by Gasteiger charge is -2.34. The van der Waals surface area contributed by atoms with E-state index in [-0.39, 0.29) is 17.9 Å². The van der Waals surface area contributed by atoms with Gasteiger partial charge in [0, 0.05) is 12.6 Å². The number of hydrogen-bond donors (Lipinski definition) is 1. The molecule has 1 aromatic carbocycles. The van der Waals surface area contributed by atoms with Gasteiger partial charge >= 0.3 is 0 Å². The average Bonchev–Trinajstić information content (AvgIpc) is 3.24. The Kier molecular flexibility index (Phi) is 3.38. The summed E-state index contributed by atoms with van der Waals surface area (Å²) in [5, 5.41) is 3.04. The highest BCUT2D eigenvalue weighted by molar-refractivity contribution is 6.01. The number of ether oxygens (including phenoxy) is 1. The van der Waals surface area contributed by atoms with Gasteiger partial charge < -0.3 is 15.0 Å². The number of carbonyl (C=O) groups is 2. The Labute approximate surface area is 157 Å². The number of imidazole rings is 1. The Morgan fingerprint density at radius 1 is 1.37 bits per heavy atom. The van der Waals surface area contributed by atoms with Crippen LogP contribution in [-0.2, 0) is 5.54 Å². The maximum absolute atomic E-state index is 13.4. The van der Waals surface area contributed by atoms with Crippen molar-refractivity contribution >= 4 is 11.8 Å². The lowest BCUT2D eigenvalue weighted by molar-refractivity contribution is 0.0615. The molecular formula is C20H22N4O3. The highest BCUT2D eigenvalue weighted by atomic mass is 16.5. The van der Waals surface area contributed by atoms with Crippen molar-refractivity contribution in [3.8, 4) is 11.4 Å². The van der Waals surface area contributed by atoms with E-state index in [1.807, 2.05) is 28.5 Å². The minimum Gasteiger partial charge on any atom is -0.497 e. The third-order valence-corrected chi connectivity index (χ3v) is 5.99. The summed E-state index contributed by atoms with van der Waals surface area (Å²) in [6, 6.07) is 5.73. The molecule has 5 rings (SSSR count). The van der Waals surface area contributed by atoms with E-state index in [4.69, 9.17) is 4.74 Å². The van der Waals surface area contributed by atoms with Gasteiger partial charge in [-0.25, -0.2) is 4.98 Å². The molecule has 7 heteroatoms. The van der Waals surface area contributed by atoms with Gasteiger partial charge in [0.2, 0.25) is 0 Å². The van der Waals surface area contributed by atoms with Gasteiger partial charge in [-0.05, 0) is 50.8 Å². The number of hydrogen-bond acceptors (Lipinski definition) is 4. The summed E-state index contributed by atoms with van der Waals surface area (Å²) < 4.78 is 7.24. The fraction of sp³-hybridized carbons (Fsp3) is 0.450. The van der Waals surface area contributed by atoms with Crippen molar-refractivity contribution in [2.45, 2.75) is 44.2 Å². The highest BCUT2D eigenvalue weighted by Crippen LogP contribution is 2.45. The van der Waals surface area contributed by atoms with Gasteiger partial charge in [-0.3, -0.25) is 14.2 Å². The number of benzene rings is 1. The van der Waals surface area contributed by atoms with Gasteiger partial charge in [-0.1, -0.05) is 0 Å². The molecule has 1 atom stereocenters. The Morgan fingerprint density at radius 3 is 2.93 bits per heavy atom. The normalized spacial score (nSPS) is 23.3. The summed E-state index contributed by atoms with van der Waals surface area (Å²) in [5.41, 5.74) is 1.98. The quantitative estimate of drug-likeness (QED) is 0.904. The lowest BCUT2D eigenvalue weighted by atomic mass is 9.92. The van der Waals surface area contributed by atoms with Crippen LogP contribution >= 0.6 is 0 Å². The first-order valence-corrected chi connectivity index (χ1v) is 9.42. The Balaban J connectivity index is 1.73. The van der Waals surface area contributed by atoms with Gasteiger partial charge in [-0.15, -0.1) is 0 Å². The number of nitrogens with one attached hydrogen (secondary N) is 1. The van der Waals surface area contributed by atoms with Gasteiger partial charge in [-0.2, -0.15) is 0 Å². The number of nitrogens with zero attached hydrogens (tertiary/aromatic N) is 3. The zero-order chi connectivity index (χ0) is 18.8. The van der Waals surface area contributed by atoms with Crippen LogP contribution in [0.2, 0.25) is 0 Å². The number of fused-ring (bicyclic) bond motifs is 5. The molecule has 1 saturated heterocycles. The minimum atomic E-state index is -0.559. The molecule has 0 radical (unpaired) electrons. The standard InChI is InChI=1S/C20H22N4O3/c1-20-8-3-9-24(20)19(26)14-10-13(27-2)6-7-15(14)23-11-21-16(17(20)23)18(25)22-12-4-5-12/h6-7,10-12H,3-5,8-9H2,1-2H3,(H,22,25). The van der Waals surface area contributed by atoms with Crippen molar-refractivity contribution in [2.75, 3.05) is 13.7 Å². The minimum absolute atomic E-state index is 0.0267. The molecule has 27 heavy (non-hydrogen) atoms. The van der Waals surface area contributed by atoms with E-state index in [1.165, 1.54) is 0 Å². The van der Waals surface area contributed by atoms with Crippen LogP contribution in [0.15, 0.2) is 24.5 Å². The second-order valence-corrected chi connectivity index (χ2v) is 7.78. The molecule has 0 spiro atoms. The maximum Gasteiger partial charge on any atom is 0.272 e. The third kappa shape index (κ3) is 2.30. The Bertz CT molecular complexity index is 962. The summed E-state index contributed by atoms with van der Waals surface area (Å²) in [7, 11) is 1.59. The largest absolute Gasteiger partial charge is 0.497 e. The third-order valence-electron chi connectivity index (χ3n) is 5.99. The molecule has 1 N–H and O–H groups in total. The molecule has 2 aromatic rings.